The van der Waals surface area contributed by atoms with E-state index in [0.29, 0.717) is 5.82 Å². The maximum absolute atomic E-state index is 11.8. The Balaban J connectivity index is 1.99. The second-order valence-corrected chi connectivity index (χ2v) is 5.49. The number of aliphatic hydroxyl groups excluding tert-OH is 2. The van der Waals surface area contributed by atoms with Crippen LogP contribution in [-0.2, 0) is 11.3 Å². The van der Waals surface area contributed by atoms with Crippen molar-refractivity contribution in [2.75, 3.05) is 13.2 Å². The fourth-order valence-electron chi connectivity index (χ4n) is 1.45. The first-order chi connectivity index (χ1) is 9.56. The standard InChI is InChI=1S/C11H15N5O3S/c1-11(6-17,7-18)12-9(19)5-16-14-10(13-15-16)8-3-2-4-20-8/h2-4,17-18H,5-7H2,1H3,(H,12,19). The van der Waals surface area contributed by atoms with Crippen LogP contribution in [0.15, 0.2) is 17.5 Å². The number of hydrogen-bond donors (Lipinski definition) is 3. The lowest BCUT2D eigenvalue weighted by Gasteiger charge is -2.25. The fourth-order valence-corrected chi connectivity index (χ4v) is 2.10. The number of thiophene rings is 1. The second-order valence-electron chi connectivity index (χ2n) is 4.55. The highest BCUT2D eigenvalue weighted by Gasteiger charge is 2.24. The molecule has 0 saturated heterocycles. The molecule has 0 saturated carbocycles. The molecule has 3 N–H and O–H groups in total. The van der Waals surface area contributed by atoms with Crippen LogP contribution in [0.3, 0.4) is 0 Å². The van der Waals surface area contributed by atoms with E-state index >= 15 is 0 Å². The van der Waals surface area contributed by atoms with Gasteiger partial charge >= 0.3 is 0 Å². The van der Waals surface area contributed by atoms with Gasteiger partial charge in [0.15, 0.2) is 0 Å². The van der Waals surface area contributed by atoms with E-state index in [0.717, 1.165) is 4.88 Å². The van der Waals surface area contributed by atoms with Gasteiger partial charge in [0.2, 0.25) is 11.7 Å². The van der Waals surface area contributed by atoms with E-state index in [-0.39, 0.29) is 19.8 Å². The first-order valence-corrected chi connectivity index (χ1v) is 6.79. The molecule has 8 nitrogen and oxygen atoms in total. The second kappa shape index (κ2) is 6.07. The number of aliphatic hydroxyl groups is 2. The van der Waals surface area contributed by atoms with Crippen LogP contribution in [0.25, 0.3) is 10.7 Å². The summed E-state index contributed by atoms with van der Waals surface area (Å²) in [7, 11) is 0. The quantitative estimate of drug-likeness (QED) is 0.647. The zero-order valence-corrected chi connectivity index (χ0v) is 11.7. The van der Waals surface area contributed by atoms with Crippen molar-refractivity contribution in [2.45, 2.75) is 19.0 Å². The van der Waals surface area contributed by atoms with Crippen LogP contribution in [0, 0.1) is 0 Å². The Morgan fingerprint density at radius 3 is 2.85 bits per heavy atom. The van der Waals surface area contributed by atoms with Gasteiger partial charge in [-0.15, -0.1) is 21.5 Å². The first-order valence-electron chi connectivity index (χ1n) is 5.91. The Kier molecular flexibility index (Phi) is 4.42. The van der Waals surface area contributed by atoms with Crippen molar-refractivity contribution in [1.29, 1.82) is 0 Å². The average molecular weight is 297 g/mol. The largest absolute Gasteiger partial charge is 0.394 e. The Morgan fingerprint density at radius 1 is 1.50 bits per heavy atom. The van der Waals surface area contributed by atoms with Crippen LogP contribution in [0.4, 0.5) is 0 Å². The van der Waals surface area contributed by atoms with Gasteiger partial charge in [0.25, 0.3) is 0 Å². The monoisotopic (exact) mass is 297 g/mol. The van der Waals surface area contributed by atoms with Crippen molar-refractivity contribution in [1.82, 2.24) is 25.5 Å². The van der Waals surface area contributed by atoms with Gasteiger partial charge in [-0.3, -0.25) is 4.79 Å². The Morgan fingerprint density at radius 2 is 2.25 bits per heavy atom. The van der Waals surface area contributed by atoms with E-state index in [1.54, 1.807) is 0 Å². The van der Waals surface area contributed by atoms with Gasteiger partial charge in [0, 0.05) is 0 Å². The van der Waals surface area contributed by atoms with E-state index in [4.69, 9.17) is 10.2 Å². The molecule has 2 rings (SSSR count). The molecular weight excluding hydrogens is 282 g/mol. The maximum atomic E-state index is 11.8. The summed E-state index contributed by atoms with van der Waals surface area (Å²) >= 11 is 1.48. The molecule has 0 atom stereocenters. The lowest BCUT2D eigenvalue weighted by atomic mass is 10.1. The lowest BCUT2D eigenvalue weighted by molar-refractivity contribution is -0.125. The summed E-state index contributed by atoms with van der Waals surface area (Å²) in [5.74, 6) is 0.0469. The molecule has 0 spiro atoms. The van der Waals surface area contributed by atoms with Crippen molar-refractivity contribution in [2.24, 2.45) is 0 Å². The van der Waals surface area contributed by atoms with Crippen molar-refractivity contribution in [3.05, 3.63) is 17.5 Å². The van der Waals surface area contributed by atoms with Gasteiger partial charge in [-0.25, -0.2) is 0 Å². The zero-order chi connectivity index (χ0) is 14.6. The lowest BCUT2D eigenvalue weighted by Crippen LogP contribution is -2.52. The Hall–Kier alpha value is -1.84. The summed E-state index contributed by atoms with van der Waals surface area (Å²) in [5.41, 5.74) is -1.06. The number of hydrogen-bond acceptors (Lipinski definition) is 7. The maximum Gasteiger partial charge on any atom is 0.244 e. The molecule has 0 unspecified atom stereocenters. The fraction of sp³-hybridized carbons (Fsp3) is 0.455. The molecule has 0 bridgehead atoms. The minimum absolute atomic E-state index is 0.131. The van der Waals surface area contributed by atoms with Crippen LogP contribution in [0.1, 0.15) is 6.92 Å². The Bertz CT molecular complexity index is 564. The topological polar surface area (TPSA) is 113 Å². The summed E-state index contributed by atoms with van der Waals surface area (Å²) in [6.45, 7) is 0.686. The highest BCUT2D eigenvalue weighted by atomic mass is 32.1. The molecule has 0 aliphatic heterocycles. The zero-order valence-electron chi connectivity index (χ0n) is 10.9. The SMILES string of the molecule is CC(CO)(CO)NC(=O)Cn1nnc(-c2cccs2)n1. The summed E-state index contributed by atoms with van der Waals surface area (Å²) in [6.07, 6.45) is 0. The minimum atomic E-state index is -1.06. The highest BCUT2D eigenvalue weighted by molar-refractivity contribution is 7.13. The molecule has 0 aliphatic rings. The van der Waals surface area contributed by atoms with Crippen molar-refractivity contribution < 1.29 is 15.0 Å². The van der Waals surface area contributed by atoms with E-state index < -0.39 is 11.4 Å². The van der Waals surface area contributed by atoms with E-state index in [2.05, 4.69) is 20.7 Å². The van der Waals surface area contributed by atoms with Crippen LogP contribution >= 0.6 is 11.3 Å². The molecule has 108 valence electrons. The smallest absolute Gasteiger partial charge is 0.244 e. The van der Waals surface area contributed by atoms with Crippen molar-refractivity contribution in [3.63, 3.8) is 0 Å². The van der Waals surface area contributed by atoms with Crippen LogP contribution in [0.2, 0.25) is 0 Å². The summed E-state index contributed by atoms with van der Waals surface area (Å²) in [6, 6.07) is 3.74. The molecule has 0 radical (unpaired) electrons. The predicted octanol–water partition coefficient (Wildman–Crippen LogP) is -0.739. The predicted molar refractivity (Wildman–Crippen MR) is 71.8 cm³/mol. The first kappa shape index (κ1) is 14.6. The molecule has 2 aromatic rings. The highest BCUT2D eigenvalue weighted by Crippen LogP contribution is 2.19. The van der Waals surface area contributed by atoms with Crippen molar-refractivity contribution in [3.8, 4) is 10.7 Å². The summed E-state index contributed by atoms with van der Waals surface area (Å²) < 4.78 is 0. The van der Waals surface area contributed by atoms with Crippen LogP contribution in [0.5, 0.6) is 0 Å². The molecule has 2 aromatic heterocycles. The van der Waals surface area contributed by atoms with Gasteiger partial charge in [0.1, 0.15) is 6.54 Å². The number of nitrogens with one attached hydrogen (secondary N) is 1. The normalized spacial score (nSPS) is 11.6. The molecule has 0 aliphatic carbocycles. The minimum Gasteiger partial charge on any atom is -0.394 e. The summed E-state index contributed by atoms with van der Waals surface area (Å²) in [4.78, 5) is 13.8. The van der Waals surface area contributed by atoms with Gasteiger partial charge in [-0.2, -0.15) is 4.80 Å². The molecule has 20 heavy (non-hydrogen) atoms. The third kappa shape index (κ3) is 3.38. The summed E-state index contributed by atoms with van der Waals surface area (Å²) in [5, 5.41) is 34.4. The van der Waals surface area contributed by atoms with Crippen LogP contribution in [-0.4, -0.2) is 55.1 Å². The number of carbonyl (C=O) groups excluding carboxylic acids is 1. The molecule has 2 heterocycles. The Labute approximate surface area is 119 Å². The number of tetrazole rings is 1. The number of carbonyl (C=O) groups is 1. The van der Waals surface area contributed by atoms with E-state index in [1.807, 2.05) is 17.5 Å². The average Bonchev–Trinajstić information content (AvgIpc) is 3.08. The van der Waals surface area contributed by atoms with Crippen molar-refractivity contribution >= 4 is 17.2 Å². The molecule has 9 heteroatoms. The molecule has 0 aromatic carbocycles. The number of rotatable bonds is 6. The van der Waals surface area contributed by atoms with Gasteiger partial charge in [-0.1, -0.05) is 6.07 Å². The van der Waals surface area contributed by atoms with E-state index in [1.165, 1.54) is 23.1 Å². The molecule has 1 amide bonds. The molecule has 0 fully saturated rings. The van der Waals surface area contributed by atoms with Gasteiger partial charge in [-0.05, 0) is 23.6 Å². The third-order valence-corrected chi connectivity index (χ3v) is 3.48. The third-order valence-electron chi connectivity index (χ3n) is 2.62. The molecular formula is C11H15N5O3S. The number of nitrogens with zero attached hydrogens (tertiary/aromatic N) is 4. The van der Waals surface area contributed by atoms with Gasteiger partial charge < -0.3 is 15.5 Å². The van der Waals surface area contributed by atoms with Gasteiger partial charge in [0.05, 0.1) is 23.6 Å². The van der Waals surface area contributed by atoms with E-state index in [9.17, 15) is 4.79 Å². The number of aromatic nitrogens is 4. The number of amides is 1. The van der Waals surface area contributed by atoms with Crippen LogP contribution < -0.4 is 5.32 Å².